The third kappa shape index (κ3) is 152. The van der Waals surface area contributed by atoms with Gasteiger partial charge in [0, 0.05) is 0 Å². The van der Waals surface area contributed by atoms with E-state index in [4.69, 9.17) is 38.5 Å². The van der Waals surface area contributed by atoms with Gasteiger partial charge in [-0.3, -0.25) is 0 Å². The van der Waals surface area contributed by atoms with E-state index in [0.717, 1.165) is 0 Å². The third-order valence-corrected chi connectivity index (χ3v) is 0. The molecule has 15 heteroatoms. The molecule has 0 aliphatic heterocycles. The molecule has 0 unspecified atom stereocenters. The summed E-state index contributed by atoms with van der Waals surface area (Å²) in [5, 5.41) is 0. The van der Waals surface area contributed by atoms with E-state index < -0.39 is 15.6 Å². The van der Waals surface area contributed by atoms with Gasteiger partial charge in [0.1, 0.15) is 0 Å². The van der Waals surface area contributed by atoms with Crippen LogP contribution in [0.25, 0.3) is 0 Å². The maximum Gasteiger partial charge on any atom is 1.00 e. The van der Waals surface area contributed by atoms with Crippen molar-refractivity contribution in [3.05, 3.63) is 0 Å². The van der Waals surface area contributed by atoms with Gasteiger partial charge in [-0.05, 0) is 0 Å². The van der Waals surface area contributed by atoms with Crippen LogP contribution in [0.1, 0.15) is 7.13 Å². The first kappa shape index (κ1) is 43.2. The summed E-state index contributed by atoms with van der Waals surface area (Å²) in [4.78, 5) is 43.1. The maximum absolute atomic E-state index is 8.88. The Hall–Kier alpha value is 7.13. The van der Waals surface area contributed by atoms with Crippen LogP contribution in [0.15, 0.2) is 0 Å². The van der Waals surface area contributed by atoms with Crippen LogP contribution in [0.4, 0.5) is 0 Å². The first-order chi connectivity index (χ1) is 4.00. The Labute approximate surface area is 266 Å². The molecule has 0 aromatic rings. The van der Waals surface area contributed by atoms with Gasteiger partial charge in [-0.2, -0.15) is 0 Å². The van der Waals surface area contributed by atoms with Crippen molar-refractivity contribution in [1.82, 2.24) is 0 Å². The average Bonchev–Trinajstić information content (AvgIpc) is 1.12. The summed E-state index contributed by atoms with van der Waals surface area (Å²) in [5.41, 5.74) is 0. The van der Waals surface area contributed by atoms with Gasteiger partial charge in [-0.1, -0.05) is 0 Å². The quantitative estimate of drug-likeness (QED) is 0.183. The topological polar surface area (TPSA) is 156 Å². The molecule has 74 valence electrons. The minimum absolute atomic E-state index is 0. The SMILES string of the molecule is O=P(O)(O)O.O=P(O)(O)O.[H-].[H-].[H-].[H-].[H-].[K+].[K+].[K+].[Na+].[Na+]. The van der Waals surface area contributed by atoms with Crippen molar-refractivity contribution in [2.75, 3.05) is 0 Å². The fraction of sp³-hybridized carbons (Fsp3) is 0. The molecule has 0 heterocycles. The first-order valence-corrected chi connectivity index (χ1v) is 4.70. The van der Waals surface area contributed by atoms with Crippen LogP contribution in [0.2, 0.25) is 0 Å². The molecule has 0 saturated carbocycles. The van der Waals surface area contributed by atoms with Crippen LogP contribution < -0.4 is 213 Å². The summed E-state index contributed by atoms with van der Waals surface area (Å²) in [6.45, 7) is 0. The minimum atomic E-state index is -4.64. The van der Waals surface area contributed by atoms with Crippen molar-refractivity contribution in [2.24, 2.45) is 0 Å². The third-order valence-electron chi connectivity index (χ3n) is 0. The Morgan fingerprint density at radius 1 is 0.600 bits per heavy atom. The molecule has 0 aliphatic rings. The van der Waals surface area contributed by atoms with E-state index in [0.29, 0.717) is 0 Å². The molecule has 0 aromatic carbocycles. The first-order valence-electron chi connectivity index (χ1n) is 1.57. The second-order valence-electron chi connectivity index (χ2n) is 1.03. The molecule has 0 fully saturated rings. The number of hydrogen-bond donors (Lipinski definition) is 6. The molecule has 0 aromatic heterocycles. The molecule has 0 rings (SSSR count). The van der Waals surface area contributed by atoms with Crippen molar-refractivity contribution < 1.29 is 259 Å². The molecule has 6 N–H and O–H groups in total. The van der Waals surface area contributed by atoms with E-state index in [2.05, 4.69) is 0 Å². The van der Waals surface area contributed by atoms with Crippen LogP contribution in [0.5, 0.6) is 0 Å². The largest absolute Gasteiger partial charge is 1.00 e. The molecular weight excluding hydrogens is 353 g/mol. The predicted octanol–water partition coefficient (Wildman–Crippen LogP) is -16.3. The van der Waals surface area contributed by atoms with E-state index in [9.17, 15) is 0 Å². The summed E-state index contributed by atoms with van der Waals surface area (Å²) in [5.74, 6) is 0. The van der Waals surface area contributed by atoms with E-state index >= 15 is 0 Å². The molecule has 0 amide bonds. The summed E-state index contributed by atoms with van der Waals surface area (Å²) in [6, 6.07) is 0. The van der Waals surface area contributed by atoms with Gasteiger partial charge in [0.25, 0.3) is 0 Å². The molecule has 0 aliphatic carbocycles. The van der Waals surface area contributed by atoms with Crippen LogP contribution in [-0.4, -0.2) is 29.4 Å². The zero-order chi connectivity index (χ0) is 9.00. The molecule has 8 nitrogen and oxygen atoms in total. The number of rotatable bonds is 0. The predicted molar refractivity (Wildman–Crippen MR) is 34.1 cm³/mol. The van der Waals surface area contributed by atoms with Crippen LogP contribution in [0.3, 0.4) is 0 Å². The molecular formula is H11K3Na2O8P2. The van der Waals surface area contributed by atoms with Crippen molar-refractivity contribution in [2.45, 2.75) is 0 Å². The van der Waals surface area contributed by atoms with Gasteiger partial charge >= 0.3 is 229 Å². The molecule has 0 atom stereocenters. The minimum Gasteiger partial charge on any atom is -1.00 e. The van der Waals surface area contributed by atoms with E-state index in [1.54, 1.807) is 0 Å². The van der Waals surface area contributed by atoms with E-state index in [1.807, 2.05) is 0 Å². The molecule has 0 spiro atoms. The van der Waals surface area contributed by atoms with Crippen molar-refractivity contribution >= 4 is 15.6 Å². The Morgan fingerprint density at radius 3 is 0.600 bits per heavy atom. The second kappa shape index (κ2) is 23.4. The van der Waals surface area contributed by atoms with Crippen LogP contribution >= 0.6 is 15.6 Å². The van der Waals surface area contributed by atoms with Gasteiger partial charge in [0.05, 0.1) is 0 Å². The molecule has 0 radical (unpaired) electrons. The van der Waals surface area contributed by atoms with E-state index in [1.165, 1.54) is 0 Å². The van der Waals surface area contributed by atoms with Gasteiger partial charge < -0.3 is 36.5 Å². The smallest absolute Gasteiger partial charge is 1.00 e. The van der Waals surface area contributed by atoms with Crippen LogP contribution in [-0.2, 0) is 9.13 Å². The second-order valence-corrected chi connectivity index (χ2v) is 3.08. The Balaban J connectivity index is -0.00000000427. The van der Waals surface area contributed by atoms with E-state index in [-0.39, 0.29) is 220 Å². The normalized spacial score (nSPS) is 7.87. The fourth-order valence-electron chi connectivity index (χ4n) is 0. The van der Waals surface area contributed by atoms with Crippen molar-refractivity contribution in [3.8, 4) is 0 Å². The summed E-state index contributed by atoms with van der Waals surface area (Å²) >= 11 is 0. The zero-order valence-corrected chi connectivity index (χ0v) is 24.6. The molecule has 0 bridgehead atoms. The monoisotopic (exact) mass is 364 g/mol. The van der Waals surface area contributed by atoms with Crippen molar-refractivity contribution in [3.63, 3.8) is 0 Å². The average molecular weight is 364 g/mol. The van der Waals surface area contributed by atoms with Gasteiger partial charge in [-0.15, -0.1) is 0 Å². The van der Waals surface area contributed by atoms with Crippen molar-refractivity contribution in [1.29, 1.82) is 0 Å². The Bertz CT molecular complexity index is 154. The summed E-state index contributed by atoms with van der Waals surface area (Å²) in [7, 11) is -9.28. The standard InChI is InChI=1S/3K.2Na.2H3O4P.5H/c;;;;;2*1-5(2,3)4;;;;;/h;;;;;2*(H3,1,2,3,4);;;;;/q5*+1;;;5*-1. The number of phosphoric acid groups is 2. The number of hydrogen-bond acceptors (Lipinski definition) is 2. The Morgan fingerprint density at radius 2 is 0.600 bits per heavy atom. The zero-order valence-electron chi connectivity index (χ0n) is 14.4. The summed E-state index contributed by atoms with van der Waals surface area (Å²) in [6.07, 6.45) is 0. The van der Waals surface area contributed by atoms with Gasteiger partial charge in [-0.25, -0.2) is 9.13 Å². The molecule has 15 heavy (non-hydrogen) atoms. The Kier molecular flexibility index (Phi) is 67.3. The maximum atomic E-state index is 8.88. The summed E-state index contributed by atoms with van der Waals surface area (Å²) < 4.78 is 17.8. The van der Waals surface area contributed by atoms with Gasteiger partial charge in [0.2, 0.25) is 0 Å². The van der Waals surface area contributed by atoms with Gasteiger partial charge in [0.15, 0.2) is 0 Å². The molecule has 0 saturated heterocycles. The fourth-order valence-corrected chi connectivity index (χ4v) is 0. The van der Waals surface area contributed by atoms with Crippen LogP contribution in [0, 0.1) is 0 Å².